The maximum absolute atomic E-state index is 12.3. The molecule has 0 aliphatic heterocycles. The van der Waals surface area contributed by atoms with Crippen molar-refractivity contribution in [2.75, 3.05) is 18.5 Å². The summed E-state index contributed by atoms with van der Waals surface area (Å²) in [7, 11) is 0. The molecular weight excluding hydrogens is 304 g/mol. The van der Waals surface area contributed by atoms with Gasteiger partial charge in [0.1, 0.15) is 0 Å². The van der Waals surface area contributed by atoms with E-state index in [1.54, 1.807) is 24.3 Å². The van der Waals surface area contributed by atoms with Crippen LogP contribution in [0.15, 0.2) is 24.3 Å². The first kappa shape index (κ1) is 18.5. The van der Waals surface area contributed by atoms with Crippen LogP contribution in [0.3, 0.4) is 0 Å². The first-order valence-corrected chi connectivity index (χ1v) is 8.81. The third-order valence-electron chi connectivity index (χ3n) is 4.70. The van der Waals surface area contributed by atoms with Crippen LogP contribution in [0.2, 0.25) is 0 Å². The van der Waals surface area contributed by atoms with Crippen LogP contribution >= 0.6 is 0 Å². The fraction of sp³-hybridized carbons (Fsp3) is 0.579. The van der Waals surface area contributed by atoms with E-state index in [1.165, 1.54) is 19.3 Å². The Balaban J connectivity index is 1.84. The van der Waals surface area contributed by atoms with Gasteiger partial charge in [0.05, 0.1) is 0 Å². The van der Waals surface area contributed by atoms with Gasteiger partial charge in [-0.25, -0.2) is 0 Å². The Morgan fingerprint density at radius 2 is 1.79 bits per heavy atom. The second-order valence-corrected chi connectivity index (χ2v) is 7.01. The van der Waals surface area contributed by atoms with E-state index in [-0.39, 0.29) is 23.8 Å². The number of anilines is 1. The smallest absolute Gasteiger partial charge is 0.251 e. The normalized spacial score (nSPS) is 16.4. The predicted molar refractivity (Wildman–Crippen MR) is 94.9 cm³/mol. The number of hydrogen-bond donors (Lipinski definition) is 3. The second kappa shape index (κ2) is 8.83. The fourth-order valence-electron chi connectivity index (χ4n) is 3.26. The molecule has 0 aromatic heterocycles. The van der Waals surface area contributed by atoms with Gasteiger partial charge < -0.3 is 15.7 Å². The average Bonchev–Trinajstić information content (AvgIpc) is 2.55. The summed E-state index contributed by atoms with van der Waals surface area (Å²) >= 11 is 0. The van der Waals surface area contributed by atoms with Crippen molar-refractivity contribution in [3.63, 3.8) is 0 Å². The molecule has 0 spiro atoms. The van der Waals surface area contributed by atoms with Crippen molar-refractivity contribution in [3.8, 4) is 0 Å². The molecule has 0 heterocycles. The molecule has 0 radical (unpaired) electrons. The van der Waals surface area contributed by atoms with Gasteiger partial charge in [0.25, 0.3) is 5.91 Å². The third-order valence-corrected chi connectivity index (χ3v) is 4.70. The molecule has 0 saturated heterocycles. The van der Waals surface area contributed by atoms with Gasteiger partial charge >= 0.3 is 0 Å². The van der Waals surface area contributed by atoms with E-state index < -0.39 is 0 Å². The predicted octanol–water partition coefficient (Wildman–Crippen LogP) is 3.10. The molecule has 1 aliphatic carbocycles. The minimum atomic E-state index is -0.170. The van der Waals surface area contributed by atoms with E-state index >= 15 is 0 Å². The number of carbonyl (C=O) groups excluding carboxylic acids is 2. The standard InChI is InChI=1S/C19H28N2O3/c1-19(10-3-2-4-11-19)14-17(23)21-16-8-6-15(7-9-16)18(24)20-12-5-13-22/h6-9,22H,2-5,10-14H2,1H3,(H,20,24)(H,21,23). The molecule has 1 saturated carbocycles. The van der Waals surface area contributed by atoms with Crippen LogP contribution in [0.25, 0.3) is 0 Å². The monoisotopic (exact) mass is 332 g/mol. The van der Waals surface area contributed by atoms with Gasteiger partial charge in [0, 0.05) is 30.8 Å². The molecule has 2 rings (SSSR count). The molecule has 2 amide bonds. The van der Waals surface area contributed by atoms with Gasteiger partial charge in [-0.1, -0.05) is 26.2 Å². The number of aliphatic hydroxyl groups is 1. The lowest BCUT2D eigenvalue weighted by atomic mass is 9.73. The Labute approximate surface area is 143 Å². The highest BCUT2D eigenvalue weighted by Gasteiger charge is 2.29. The van der Waals surface area contributed by atoms with Crippen molar-refractivity contribution >= 4 is 17.5 Å². The zero-order valence-corrected chi connectivity index (χ0v) is 14.4. The van der Waals surface area contributed by atoms with E-state index in [4.69, 9.17) is 5.11 Å². The van der Waals surface area contributed by atoms with Crippen LogP contribution in [0.1, 0.15) is 62.2 Å². The number of benzene rings is 1. The maximum Gasteiger partial charge on any atom is 0.251 e. The number of rotatable bonds is 7. The molecule has 1 aliphatic rings. The first-order chi connectivity index (χ1) is 11.5. The van der Waals surface area contributed by atoms with E-state index in [2.05, 4.69) is 17.6 Å². The Morgan fingerprint density at radius 1 is 1.12 bits per heavy atom. The molecule has 5 heteroatoms. The molecule has 0 atom stereocenters. The summed E-state index contributed by atoms with van der Waals surface area (Å²) in [6, 6.07) is 6.91. The van der Waals surface area contributed by atoms with Gasteiger partial charge in [-0.2, -0.15) is 0 Å². The van der Waals surface area contributed by atoms with Gasteiger partial charge in [-0.15, -0.1) is 0 Å². The summed E-state index contributed by atoms with van der Waals surface area (Å²) in [5, 5.41) is 14.4. The molecule has 132 valence electrons. The number of aliphatic hydroxyl groups excluding tert-OH is 1. The molecular formula is C19H28N2O3. The quantitative estimate of drug-likeness (QED) is 0.671. The SMILES string of the molecule is CC1(CC(=O)Nc2ccc(C(=O)NCCCO)cc2)CCCCC1. The number of nitrogens with one attached hydrogen (secondary N) is 2. The van der Waals surface area contributed by atoms with Crippen LogP contribution < -0.4 is 10.6 Å². The Morgan fingerprint density at radius 3 is 2.42 bits per heavy atom. The van der Waals surface area contributed by atoms with Crippen molar-refractivity contribution in [1.29, 1.82) is 0 Å². The van der Waals surface area contributed by atoms with Gasteiger partial charge in [0.2, 0.25) is 5.91 Å². The minimum Gasteiger partial charge on any atom is -0.396 e. The number of amides is 2. The second-order valence-electron chi connectivity index (χ2n) is 7.01. The summed E-state index contributed by atoms with van der Waals surface area (Å²) in [6.45, 7) is 2.71. The topological polar surface area (TPSA) is 78.4 Å². The molecule has 5 nitrogen and oxygen atoms in total. The summed E-state index contributed by atoms with van der Waals surface area (Å²) < 4.78 is 0. The molecule has 3 N–H and O–H groups in total. The minimum absolute atomic E-state index is 0.0412. The molecule has 1 aromatic rings. The average molecular weight is 332 g/mol. The van der Waals surface area contributed by atoms with Crippen LogP contribution in [-0.2, 0) is 4.79 Å². The third kappa shape index (κ3) is 5.64. The van der Waals surface area contributed by atoms with Gasteiger partial charge in [0.15, 0.2) is 0 Å². The number of carbonyl (C=O) groups is 2. The lowest BCUT2D eigenvalue weighted by Gasteiger charge is -2.32. The highest BCUT2D eigenvalue weighted by atomic mass is 16.3. The summed E-state index contributed by atoms with van der Waals surface area (Å²) in [6.07, 6.45) is 7.03. The van der Waals surface area contributed by atoms with Crippen molar-refractivity contribution in [1.82, 2.24) is 5.32 Å². The van der Waals surface area contributed by atoms with Crippen molar-refractivity contribution in [2.45, 2.75) is 51.9 Å². The fourth-order valence-corrected chi connectivity index (χ4v) is 3.26. The van der Waals surface area contributed by atoms with Gasteiger partial charge in [-0.3, -0.25) is 9.59 Å². The molecule has 0 unspecified atom stereocenters. The van der Waals surface area contributed by atoms with Crippen molar-refractivity contribution in [3.05, 3.63) is 29.8 Å². The largest absolute Gasteiger partial charge is 0.396 e. The molecule has 0 bridgehead atoms. The van der Waals surface area contributed by atoms with Gasteiger partial charge in [-0.05, 0) is 48.9 Å². The molecule has 1 aromatic carbocycles. The van der Waals surface area contributed by atoms with E-state index in [9.17, 15) is 9.59 Å². The summed E-state index contributed by atoms with van der Waals surface area (Å²) in [5.74, 6) is -0.129. The van der Waals surface area contributed by atoms with Crippen molar-refractivity contribution in [2.24, 2.45) is 5.41 Å². The zero-order valence-electron chi connectivity index (χ0n) is 14.4. The van der Waals surface area contributed by atoms with Crippen LogP contribution in [0, 0.1) is 5.41 Å². The highest BCUT2D eigenvalue weighted by molar-refractivity contribution is 5.95. The molecule has 1 fully saturated rings. The zero-order chi connectivity index (χ0) is 17.4. The van der Waals surface area contributed by atoms with E-state index in [0.717, 1.165) is 12.8 Å². The lowest BCUT2D eigenvalue weighted by Crippen LogP contribution is -2.27. The lowest BCUT2D eigenvalue weighted by molar-refractivity contribution is -0.118. The Kier molecular flexibility index (Phi) is 6.79. The van der Waals surface area contributed by atoms with Crippen molar-refractivity contribution < 1.29 is 14.7 Å². The van der Waals surface area contributed by atoms with Crippen LogP contribution in [0.4, 0.5) is 5.69 Å². The summed E-state index contributed by atoms with van der Waals surface area (Å²) in [4.78, 5) is 24.1. The van der Waals surface area contributed by atoms with E-state index in [0.29, 0.717) is 30.6 Å². The van der Waals surface area contributed by atoms with E-state index in [1.807, 2.05) is 0 Å². The Hall–Kier alpha value is -1.88. The van der Waals surface area contributed by atoms with Crippen LogP contribution in [0.5, 0.6) is 0 Å². The summed E-state index contributed by atoms with van der Waals surface area (Å²) in [5.41, 5.74) is 1.38. The Bertz CT molecular complexity index is 548. The molecule has 24 heavy (non-hydrogen) atoms. The highest BCUT2D eigenvalue weighted by Crippen LogP contribution is 2.38. The maximum atomic E-state index is 12.3. The van der Waals surface area contributed by atoms with Crippen LogP contribution in [-0.4, -0.2) is 30.1 Å². The first-order valence-electron chi connectivity index (χ1n) is 8.81. The number of hydrogen-bond acceptors (Lipinski definition) is 3.